The van der Waals surface area contributed by atoms with Gasteiger partial charge in [-0.1, -0.05) is 0 Å². The van der Waals surface area contributed by atoms with Crippen molar-refractivity contribution in [2.75, 3.05) is 6.61 Å². The number of esters is 1. The molecule has 0 bridgehead atoms. The van der Waals surface area contributed by atoms with Gasteiger partial charge < -0.3 is 20.1 Å². The smallest absolute Gasteiger partial charge is 0.338 e. The molecule has 1 heterocycles. The van der Waals surface area contributed by atoms with Gasteiger partial charge in [-0.3, -0.25) is 0 Å². The summed E-state index contributed by atoms with van der Waals surface area (Å²) in [5.41, 5.74) is 0. The van der Waals surface area contributed by atoms with Crippen LogP contribution in [0.1, 0.15) is 0 Å². The molecule has 0 saturated carbocycles. The standard InChI is InChI=1S/C5H8O5/c6-1-2-3(7)4(8)5(9)10-2/h2-4,6-8H,1H2/t2-,3+,4+/m1/s1. The van der Waals surface area contributed by atoms with Crippen LogP contribution in [0, 0.1) is 0 Å². The first kappa shape index (κ1) is 7.46. The molecule has 1 aliphatic rings. The molecular formula is C5H8O5. The van der Waals surface area contributed by atoms with Crippen LogP contribution in [0.15, 0.2) is 0 Å². The Bertz CT molecular complexity index is 145. The van der Waals surface area contributed by atoms with E-state index in [-0.39, 0.29) is 0 Å². The number of carbonyl (C=O) groups excluding carboxylic acids is 1. The summed E-state index contributed by atoms with van der Waals surface area (Å²) in [6, 6.07) is 0. The molecule has 5 heteroatoms. The van der Waals surface area contributed by atoms with Crippen molar-refractivity contribution in [1.29, 1.82) is 0 Å². The average Bonchev–Trinajstić information content (AvgIpc) is 2.17. The highest BCUT2D eigenvalue weighted by Crippen LogP contribution is 2.14. The van der Waals surface area contributed by atoms with E-state index in [1.165, 1.54) is 0 Å². The minimum absolute atomic E-state index is 0.468. The molecule has 0 unspecified atom stereocenters. The van der Waals surface area contributed by atoms with E-state index in [1.54, 1.807) is 0 Å². The molecule has 1 fully saturated rings. The summed E-state index contributed by atoms with van der Waals surface area (Å²) in [4.78, 5) is 10.4. The summed E-state index contributed by atoms with van der Waals surface area (Å²) >= 11 is 0. The van der Waals surface area contributed by atoms with Gasteiger partial charge in [-0.2, -0.15) is 0 Å². The van der Waals surface area contributed by atoms with E-state index in [0.717, 1.165) is 0 Å². The van der Waals surface area contributed by atoms with Crippen molar-refractivity contribution in [3.8, 4) is 0 Å². The normalized spacial score (nSPS) is 39.9. The Labute approximate surface area is 56.9 Å². The fourth-order valence-electron chi connectivity index (χ4n) is 0.777. The lowest BCUT2D eigenvalue weighted by molar-refractivity contribution is -0.148. The zero-order chi connectivity index (χ0) is 7.72. The molecule has 1 saturated heterocycles. The average molecular weight is 148 g/mol. The summed E-state index contributed by atoms with van der Waals surface area (Å²) in [5, 5.41) is 26.0. The topological polar surface area (TPSA) is 87.0 Å². The first-order chi connectivity index (χ1) is 4.66. The minimum atomic E-state index is -1.50. The second kappa shape index (κ2) is 2.53. The third-order valence-electron chi connectivity index (χ3n) is 1.39. The molecule has 0 spiro atoms. The summed E-state index contributed by atoms with van der Waals surface area (Å²) in [5.74, 6) is -0.883. The molecule has 0 aromatic heterocycles. The van der Waals surface area contributed by atoms with Gasteiger partial charge in [-0.05, 0) is 0 Å². The van der Waals surface area contributed by atoms with Crippen molar-refractivity contribution in [3.63, 3.8) is 0 Å². The Morgan fingerprint density at radius 2 is 2.10 bits per heavy atom. The first-order valence-corrected chi connectivity index (χ1v) is 2.84. The second-order valence-corrected chi connectivity index (χ2v) is 2.09. The molecule has 1 rings (SSSR count). The van der Waals surface area contributed by atoms with Gasteiger partial charge in [0.15, 0.2) is 12.2 Å². The quantitative estimate of drug-likeness (QED) is 0.362. The molecule has 0 amide bonds. The molecule has 5 nitrogen and oxygen atoms in total. The number of cyclic esters (lactones) is 1. The van der Waals surface area contributed by atoms with E-state index in [1.807, 2.05) is 0 Å². The summed E-state index contributed by atoms with van der Waals surface area (Å²) < 4.78 is 4.35. The van der Waals surface area contributed by atoms with E-state index < -0.39 is 30.9 Å². The van der Waals surface area contributed by atoms with Crippen LogP contribution in [0.2, 0.25) is 0 Å². The van der Waals surface area contributed by atoms with Crippen LogP contribution in [0.3, 0.4) is 0 Å². The fraction of sp³-hybridized carbons (Fsp3) is 0.800. The monoisotopic (exact) mass is 148 g/mol. The Kier molecular flexibility index (Phi) is 1.89. The van der Waals surface area contributed by atoms with E-state index in [4.69, 9.17) is 15.3 Å². The lowest BCUT2D eigenvalue weighted by Crippen LogP contribution is -2.32. The fourth-order valence-corrected chi connectivity index (χ4v) is 0.777. The molecule has 0 aliphatic carbocycles. The molecule has 0 aromatic rings. The van der Waals surface area contributed by atoms with Crippen LogP contribution in [-0.4, -0.2) is 46.2 Å². The lowest BCUT2D eigenvalue weighted by Gasteiger charge is -2.08. The van der Waals surface area contributed by atoms with Gasteiger partial charge >= 0.3 is 5.97 Å². The van der Waals surface area contributed by atoms with Gasteiger partial charge in [0, 0.05) is 0 Å². The number of hydrogen-bond acceptors (Lipinski definition) is 5. The van der Waals surface area contributed by atoms with Gasteiger partial charge in [-0.25, -0.2) is 4.79 Å². The molecule has 0 radical (unpaired) electrons. The lowest BCUT2D eigenvalue weighted by atomic mass is 10.1. The minimum Gasteiger partial charge on any atom is -0.455 e. The highest BCUT2D eigenvalue weighted by atomic mass is 16.6. The maximum atomic E-state index is 10.4. The van der Waals surface area contributed by atoms with Crippen LogP contribution in [-0.2, 0) is 9.53 Å². The van der Waals surface area contributed by atoms with Gasteiger partial charge in [0.25, 0.3) is 0 Å². The highest BCUT2D eigenvalue weighted by molar-refractivity contribution is 5.77. The van der Waals surface area contributed by atoms with Crippen molar-refractivity contribution in [2.45, 2.75) is 18.3 Å². The molecule has 1 aliphatic heterocycles. The maximum absolute atomic E-state index is 10.4. The summed E-state index contributed by atoms with van der Waals surface area (Å²) in [7, 11) is 0. The number of ether oxygens (including phenoxy) is 1. The van der Waals surface area contributed by atoms with E-state index >= 15 is 0 Å². The van der Waals surface area contributed by atoms with Gasteiger partial charge in [-0.15, -0.1) is 0 Å². The third kappa shape index (κ3) is 0.985. The molecule has 0 aromatic carbocycles. The summed E-state index contributed by atoms with van der Waals surface area (Å²) in [6.07, 6.45) is -3.77. The summed E-state index contributed by atoms with van der Waals surface area (Å²) in [6.45, 7) is -0.468. The van der Waals surface area contributed by atoms with Crippen LogP contribution < -0.4 is 0 Å². The van der Waals surface area contributed by atoms with E-state index in [2.05, 4.69) is 4.74 Å². The van der Waals surface area contributed by atoms with Crippen molar-refractivity contribution in [2.24, 2.45) is 0 Å². The zero-order valence-electron chi connectivity index (χ0n) is 5.10. The molecular weight excluding hydrogens is 140 g/mol. The molecule has 3 N–H and O–H groups in total. The Morgan fingerprint density at radius 3 is 2.30 bits per heavy atom. The zero-order valence-corrected chi connectivity index (χ0v) is 5.10. The van der Waals surface area contributed by atoms with E-state index in [9.17, 15) is 4.79 Å². The number of carbonyl (C=O) groups is 1. The Morgan fingerprint density at radius 1 is 1.50 bits per heavy atom. The van der Waals surface area contributed by atoms with Crippen molar-refractivity contribution in [3.05, 3.63) is 0 Å². The number of rotatable bonds is 1. The van der Waals surface area contributed by atoms with Crippen LogP contribution >= 0.6 is 0 Å². The molecule has 3 atom stereocenters. The Balaban J connectivity index is 2.61. The SMILES string of the molecule is O=C1O[C@H](CO)[C@H](O)[C@@H]1O. The van der Waals surface area contributed by atoms with Gasteiger partial charge in [0.1, 0.15) is 6.10 Å². The van der Waals surface area contributed by atoms with E-state index in [0.29, 0.717) is 0 Å². The number of hydrogen-bond donors (Lipinski definition) is 3. The number of aliphatic hydroxyl groups excluding tert-OH is 3. The van der Waals surface area contributed by atoms with Gasteiger partial charge in [0.2, 0.25) is 0 Å². The Hall–Kier alpha value is -0.650. The van der Waals surface area contributed by atoms with Crippen LogP contribution in [0.25, 0.3) is 0 Å². The largest absolute Gasteiger partial charge is 0.455 e. The van der Waals surface area contributed by atoms with Crippen LogP contribution in [0.5, 0.6) is 0 Å². The van der Waals surface area contributed by atoms with Crippen molar-refractivity contribution in [1.82, 2.24) is 0 Å². The van der Waals surface area contributed by atoms with Crippen molar-refractivity contribution < 1.29 is 24.9 Å². The second-order valence-electron chi connectivity index (χ2n) is 2.09. The van der Waals surface area contributed by atoms with Gasteiger partial charge in [0.05, 0.1) is 6.61 Å². The number of aliphatic hydroxyl groups is 3. The third-order valence-corrected chi connectivity index (χ3v) is 1.39. The molecule has 10 heavy (non-hydrogen) atoms. The maximum Gasteiger partial charge on any atom is 0.338 e. The highest BCUT2D eigenvalue weighted by Gasteiger charge is 2.41. The predicted molar refractivity (Wildman–Crippen MR) is 29.0 cm³/mol. The molecule has 58 valence electrons. The first-order valence-electron chi connectivity index (χ1n) is 2.84. The predicted octanol–water partition coefficient (Wildman–Crippen LogP) is -2.37. The van der Waals surface area contributed by atoms with Crippen molar-refractivity contribution >= 4 is 5.97 Å². The van der Waals surface area contributed by atoms with Crippen LogP contribution in [0.4, 0.5) is 0 Å².